The van der Waals surface area contributed by atoms with Gasteiger partial charge < -0.3 is 15.0 Å². The minimum atomic E-state index is -0.167. The first-order chi connectivity index (χ1) is 12.7. The summed E-state index contributed by atoms with van der Waals surface area (Å²) >= 11 is 0. The molecule has 1 aromatic carbocycles. The highest BCUT2D eigenvalue weighted by molar-refractivity contribution is 5.96. The van der Waals surface area contributed by atoms with Gasteiger partial charge in [-0.05, 0) is 23.6 Å². The molecule has 0 spiro atoms. The van der Waals surface area contributed by atoms with E-state index in [-0.39, 0.29) is 17.7 Å². The molecule has 1 fully saturated rings. The average Bonchev–Trinajstić information content (AvgIpc) is 2.70. The first-order valence-electron chi connectivity index (χ1n) is 9.33. The van der Waals surface area contributed by atoms with Crippen LogP contribution in [0.2, 0.25) is 0 Å². The fraction of sp³-hybridized carbons (Fsp3) is 0.429. The van der Waals surface area contributed by atoms with Gasteiger partial charge in [0.05, 0.1) is 31.0 Å². The maximum atomic E-state index is 12.9. The summed E-state index contributed by atoms with van der Waals surface area (Å²) in [5, 5.41) is 3.04. The minimum Gasteiger partial charge on any atom is -0.378 e. The smallest absolute Gasteiger partial charge is 0.232 e. The van der Waals surface area contributed by atoms with Crippen LogP contribution in [0.4, 0.5) is 11.5 Å². The molecule has 1 amide bonds. The summed E-state index contributed by atoms with van der Waals surface area (Å²) in [7, 11) is 0. The first kappa shape index (κ1) is 18.4. The van der Waals surface area contributed by atoms with Gasteiger partial charge in [0.25, 0.3) is 0 Å². The Morgan fingerprint density at radius 2 is 1.92 bits per heavy atom. The molecular formula is C21H27N3O2. The number of hydrogen-bond donors (Lipinski definition) is 1. The zero-order valence-corrected chi connectivity index (χ0v) is 15.5. The molecule has 0 saturated carbocycles. The second kappa shape index (κ2) is 8.81. The molecule has 0 aliphatic carbocycles. The monoisotopic (exact) mass is 353 g/mol. The third-order valence-electron chi connectivity index (χ3n) is 5.00. The Kier molecular flexibility index (Phi) is 6.23. The highest BCUT2D eigenvalue weighted by Gasteiger charge is 2.26. The zero-order chi connectivity index (χ0) is 18.4. The van der Waals surface area contributed by atoms with Gasteiger partial charge >= 0.3 is 0 Å². The molecule has 1 aliphatic rings. The molecule has 26 heavy (non-hydrogen) atoms. The quantitative estimate of drug-likeness (QED) is 0.861. The van der Waals surface area contributed by atoms with Crippen LogP contribution in [0.25, 0.3) is 0 Å². The summed E-state index contributed by atoms with van der Waals surface area (Å²) in [5.74, 6) is 1.04. The van der Waals surface area contributed by atoms with E-state index in [2.05, 4.69) is 29.0 Å². The third-order valence-corrected chi connectivity index (χ3v) is 5.00. The van der Waals surface area contributed by atoms with Crippen molar-refractivity contribution in [1.29, 1.82) is 0 Å². The second-order valence-corrected chi connectivity index (χ2v) is 6.77. The Hall–Kier alpha value is -2.40. The van der Waals surface area contributed by atoms with Crippen molar-refractivity contribution in [2.45, 2.75) is 26.2 Å². The zero-order valence-electron chi connectivity index (χ0n) is 15.5. The van der Waals surface area contributed by atoms with E-state index in [1.54, 1.807) is 6.20 Å². The van der Waals surface area contributed by atoms with Crippen molar-refractivity contribution in [2.75, 3.05) is 36.5 Å². The maximum Gasteiger partial charge on any atom is 0.232 e. The van der Waals surface area contributed by atoms with Crippen LogP contribution in [0.5, 0.6) is 0 Å². The van der Waals surface area contributed by atoms with Gasteiger partial charge in [0.15, 0.2) is 0 Å². The number of hydrogen-bond acceptors (Lipinski definition) is 4. The Balaban J connectivity index is 1.70. The Morgan fingerprint density at radius 1 is 1.19 bits per heavy atom. The van der Waals surface area contributed by atoms with E-state index < -0.39 is 0 Å². The van der Waals surface area contributed by atoms with Crippen molar-refractivity contribution in [3.63, 3.8) is 0 Å². The van der Waals surface area contributed by atoms with Crippen LogP contribution in [0, 0.1) is 5.92 Å². The summed E-state index contributed by atoms with van der Waals surface area (Å²) in [5.41, 5.74) is 1.79. The van der Waals surface area contributed by atoms with E-state index in [4.69, 9.17) is 4.74 Å². The number of carbonyl (C=O) groups excluding carboxylic acids is 1. The number of benzene rings is 1. The molecule has 1 saturated heterocycles. The van der Waals surface area contributed by atoms with E-state index in [9.17, 15) is 4.79 Å². The van der Waals surface area contributed by atoms with Crippen molar-refractivity contribution in [1.82, 2.24) is 4.98 Å². The van der Waals surface area contributed by atoms with E-state index in [0.29, 0.717) is 0 Å². The number of nitrogens with one attached hydrogen (secondary N) is 1. The Labute approximate surface area is 155 Å². The average molecular weight is 353 g/mol. The molecule has 1 N–H and O–H groups in total. The van der Waals surface area contributed by atoms with Crippen molar-refractivity contribution in [3.8, 4) is 0 Å². The molecule has 2 atom stereocenters. The SMILES string of the molecule is CCC(C)C(C(=O)Nc1ccc(N2CCOCC2)nc1)c1ccccc1. The van der Waals surface area contributed by atoms with E-state index in [1.165, 1.54) is 0 Å². The topological polar surface area (TPSA) is 54.5 Å². The van der Waals surface area contributed by atoms with Crippen LogP contribution in [0.1, 0.15) is 31.7 Å². The van der Waals surface area contributed by atoms with Gasteiger partial charge in [-0.15, -0.1) is 0 Å². The molecule has 2 aromatic rings. The predicted octanol–water partition coefficient (Wildman–Crippen LogP) is 3.69. The van der Waals surface area contributed by atoms with Gasteiger partial charge in [0.1, 0.15) is 5.82 Å². The molecule has 0 bridgehead atoms. The van der Waals surface area contributed by atoms with Crippen LogP contribution in [0.3, 0.4) is 0 Å². The predicted molar refractivity (Wildman–Crippen MR) is 105 cm³/mol. The van der Waals surface area contributed by atoms with Gasteiger partial charge in [0.2, 0.25) is 5.91 Å². The summed E-state index contributed by atoms with van der Waals surface area (Å²) in [6.07, 6.45) is 2.68. The number of ether oxygens (including phenoxy) is 1. The number of morpholine rings is 1. The minimum absolute atomic E-state index is 0.0199. The van der Waals surface area contributed by atoms with Gasteiger partial charge in [-0.3, -0.25) is 4.79 Å². The lowest BCUT2D eigenvalue weighted by Crippen LogP contribution is -2.36. The number of aromatic nitrogens is 1. The lowest BCUT2D eigenvalue weighted by Gasteiger charge is -2.28. The van der Waals surface area contributed by atoms with Gasteiger partial charge in [-0.25, -0.2) is 4.98 Å². The molecular weight excluding hydrogens is 326 g/mol. The van der Waals surface area contributed by atoms with E-state index in [1.807, 2.05) is 42.5 Å². The van der Waals surface area contributed by atoms with Gasteiger partial charge in [-0.2, -0.15) is 0 Å². The summed E-state index contributed by atoms with van der Waals surface area (Å²) in [4.78, 5) is 19.6. The highest BCUT2D eigenvalue weighted by atomic mass is 16.5. The van der Waals surface area contributed by atoms with Crippen LogP contribution < -0.4 is 10.2 Å². The lowest BCUT2D eigenvalue weighted by atomic mass is 9.85. The third kappa shape index (κ3) is 4.41. The lowest BCUT2D eigenvalue weighted by molar-refractivity contribution is -0.118. The summed E-state index contributed by atoms with van der Waals surface area (Å²) < 4.78 is 5.37. The van der Waals surface area contributed by atoms with Crippen molar-refractivity contribution in [2.24, 2.45) is 5.92 Å². The highest BCUT2D eigenvalue weighted by Crippen LogP contribution is 2.28. The fourth-order valence-electron chi connectivity index (χ4n) is 3.29. The molecule has 138 valence electrons. The molecule has 1 aliphatic heterocycles. The van der Waals surface area contributed by atoms with Crippen LogP contribution in [0.15, 0.2) is 48.7 Å². The maximum absolute atomic E-state index is 12.9. The van der Waals surface area contributed by atoms with E-state index in [0.717, 1.165) is 49.8 Å². The largest absolute Gasteiger partial charge is 0.378 e. The van der Waals surface area contributed by atoms with Crippen LogP contribution in [-0.2, 0) is 9.53 Å². The standard InChI is InChI=1S/C21H27N3O2/c1-3-16(2)20(17-7-5-4-6-8-17)21(25)23-18-9-10-19(22-15-18)24-11-13-26-14-12-24/h4-10,15-16,20H,3,11-14H2,1-2H3,(H,23,25). The molecule has 3 rings (SSSR count). The van der Waals surface area contributed by atoms with Crippen molar-refractivity contribution < 1.29 is 9.53 Å². The Morgan fingerprint density at radius 3 is 2.54 bits per heavy atom. The number of amides is 1. The van der Waals surface area contributed by atoms with Crippen molar-refractivity contribution >= 4 is 17.4 Å². The van der Waals surface area contributed by atoms with E-state index >= 15 is 0 Å². The molecule has 1 aromatic heterocycles. The molecule has 0 radical (unpaired) electrons. The van der Waals surface area contributed by atoms with Gasteiger partial charge in [-0.1, -0.05) is 50.6 Å². The summed E-state index contributed by atoms with van der Waals surface area (Å²) in [6, 6.07) is 13.9. The van der Waals surface area contributed by atoms with Gasteiger partial charge in [0, 0.05) is 13.1 Å². The second-order valence-electron chi connectivity index (χ2n) is 6.77. The normalized spacial score (nSPS) is 16.8. The fourth-order valence-corrected chi connectivity index (χ4v) is 3.29. The molecule has 2 unspecified atom stereocenters. The number of nitrogens with zero attached hydrogens (tertiary/aromatic N) is 2. The number of pyridine rings is 1. The molecule has 2 heterocycles. The molecule has 5 nitrogen and oxygen atoms in total. The van der Waals surface area contributed by atoms with Crippen LogP contribution >= 0.6 is 0 Å². The first-order valence-corrected chi connectivity index (χ1v) is 9.33. The number of carbonyl (C=O) groups is 1. The number of rotatable bonds is 6. The summed E-state index contributed by atoms with van der Waals surface area (Å²) in [6.45, 7) is 7.40. The van der Waals surface area contributed by atoms with Crippen molar-refractivity contribution in [3.05, 3.63) is 54.2 Å². The molecule has 5 heteroatoms. The Bertz CT molecular complexity index is 697. The van der Waals surface area contributed by atoms with Crippen LogP contribution in [-0.4, -0.2) is 37.2 Å². The number of anilines is 2.